The number of hydrogen-bond donors (Lipinski definition) is 1. The molecule has 3 heterocycles. The summed E-state index contributed by atoms with van der Waals surface area (Å²) in [6, 6.07) is 11.4. The first-order valence-electron chi connectivity index (χ1n) is 9.16. The van der Waals surface area contributed by atoms with Gasteiger partial charge in [0.15, 0.2) is 16.9 Å². The zero-order valence-corrected chi connectivity index (χ0v) is 14.9. The fourth-order valence-electron chi connectivity index (χ4n) is 5.24. The molecule has 2 bridgehead atoms. The van der Waals surface area contributed by atoms with Gasteiger partial charge in [-0.1, -0.05) is 12.5 Å². The Morgan fingerprint density at radius 3 is 2.57 bits per heavy atom. The first kappa shape index (κ1) is 16.9. The van der Waals surface area contributed by atoms with E-state index in [1.54, 1.807) is 18.2 Å². The molecule has 1 aromatic rings. The predicted molar refractivity (Wildman–Crippen MR) is 91.6 cm³/mol. The molecular formula is C20H16N4O4. The van der Waals surface area contributed by atoms with Crippen molar-refractivity contribution in [1.82, 2.24) is 0 Å². The summed E-state index contributed by atoms with van der Waals surface area (Å²) in [5.41, 5.74) is -3.08. The molecule has 4 aliphatic rings. The van der Waals surface area contributed by atoms with E-state index >= 15 is 0 Å². The van der Waals surface area contributed by atoms with Gasteiger partial charge in [-0.25, -0.2) is 0 Å². The number of benzene rings is 1. The molecule has 3 fully saturated rings. The molecule has 0 amide bonds. The largest absolute Gasteiger partial charge is 0.454 e. The van der Waals surface area contributed by atoms with Crippen molar-refractivity contribution in [2.45, 2.75) is 37.6 Å². The second-order valence-electron chi connectivity index (χ2n) is 7.60. The topological polar surface area (TPSA) is 132 Å². The Bertz CT molecular complexity index is 1000. The van der Waals surface area contributed by atoms with Crippen molar-refractivity contribution in [3.63, 3.8) is 0 Å². The molecule has 2 saturated heterocycles. The van der Waals surface area contributed by atoms with Crippen molar-refractivity contribution in [2.75, 3.05) is 6.79 Å². The molecule has 8 heteroatoms. The van der Waals surface area contributed by atoms with E-state index in [1.165, 1.54) is 0 Å². The first-order chi connectivity index (χ1) is 13.6. The van der Waals surface area contributed by atoms with Crippen molar-refractivity contribution >= 4 is 5.90 Å². The third-order valence-corrected chi connectivity index (χ3v) is 6.52. The van der Waals surface area contributed by atoms with Crippen molar-refractivity contribution < 1.29 is 18.9 Å². The Labute approximate surface area is 161 Å². The lowest BCUT2D eigenvalue weighted by Gasteiger charge is -2.51. The van der Waals surface area contributed by atoms with Gasteiger partial charge in [0.1, 0.15) is 6.10 Å². The molecule has 1 saturated carbocycles. The van der Waals surface area contributed by atoms with E-state index in [4.69, 9.17) is 24.4 Å². The van der Waals surface area contributed by atoms with E-state index < -0.39 is 28.6 Å². The van der Waals surface area contributed by atoms with Crippen LogP contribution in [0.3, 0.4) is 0 Å². The Morgan fingerprint density at radius 2 is 1.82 bits per heavy atom. The number of nitrogens with zero attached hydrogens (tertiary/aromatic N) is 3. The summed E-state index contributed by atoms with van der Waals surface area (Å²) >= 11 is 0. The minimum Gasteiger partial charge on any atom is -0.454 e. The number of hydrogen-bond acceptors (Lipinski definition) is 8. The minimum absolute atomic E-state index is 0.0911. The summed E-state index contributed by atoms with van der Waals surface area (Å²) in [6.45, 7) is 0.0911. The first-order valence-corrected chi connectivity index (χ1v) is 9.16. The molecule has 0 unspecified atom stereocenters. The van der Waals surface area contributed by atoms with Crippen LogP contribution in [0.2, 0.25) is 0 Å². The standard InChI is InChI=1S/C20H16N4O4/c21-8-18(9-22)16(12-4-5-13-14(7-12)26-11-25-13)27-20-6-2-1-3-15(20)19(18,10-23)17(24)28-20/h4-5,7,15-16,24H,1-3,6,11H2/t15-,16-,19+,20+/m0/s1. The molecule has 5 rings (SSSR count). The average molecular weight is 376 g/mol. The fraction of sp³-hybridized carbons (Fsp3) is 0.500. The number of rotatable bonds is 1. The van der Waals surface area contributed by atoms with E-state index in [9.17, 15) is 15.8 Å². The average Bonchev–Trinajstić information content (AvgIpc) is 3.27. The Balaban J connectivity index is 1.75. The number of fused-ring (bicyclic) bond motifs is 1. The molecular weight excluding hydrogens is 360 g/mol. The van der Waals surface area contributed by atoms with Gasteiger partial charge in [-0.05, 0) is 30.5 Å². The van der Waals surface area contributed by atoms with Crippen LogP contribution in [-0.2, 0) is 9.47 Å². The van der Waals surface area contributed by atoms with Gasteiger partial charge < -0.3 is 18.9 Å². The Kier molecular flexibility index (Phi) is 3.24. The predicted octanol–water partition coefficient (Wildman–Crippen LogP) is 2.92. The highest BCUT2D eigenvalue weighted by Crippen LogP contribution is 2.69. The summed E-state index contributed by atoms with van der Waals surface area (Å²) in [5.74, 6) is -0.981. The van der Waals surface area contributed by atoms with E-state index in [2.05, 4.69) is 18.2 Å². The van der Waals surface area contributed by atoms with Crippen LogP contribution in [0.15, 0.2) is 18.2 Å². The maximum absolute atomic E-state index is 10.2. The Hall–Kier alpha value is -3.28. The highest BCUT2D eigenvalue weighted by molar-refractivity contribution is 5.89. The molecule has 1 aliphatic carbocycles. The van der Waals surface area contributed by atoms with E-state index in [1.807, 2.05) is 0 Å². The van der Waals surface area contributed by atoms with Crippen molar-refractivity contribution in [2.24, 2.45) is 16.7 Å². The van der Waals surface area contributed by atoms with Gasteiger partial charge >= 0.3 is 0 Å². The molecule has 1 aromatic carbocycles. The third kappa shape index (κ3) is 1.69. The van der Waals surface area contributed by atoms with Gasteiger partial charge in [0.05, 0.1) is 24.1 Å². The van der Waals surface area contributed by atoms with Crippen LogP contribution in [0.1, 0.15) is 37.4 Å². The van der Waals surface area contributed by atoms with Crippen LogP contribution < -0.4 is 9.47 Å². The van der Waals surface area contributed by atoms with Crippen molar-refractivity contribution in [3.8, 4) is 29.7 Å². The summed E-state index contributed by atoms with van der Waals surface area (Å²) in [6.07, 6.45) is 1.67. The molecule has 0 radical (unpaired) electrons. The van der Waals surface area contributed by atoms with Gasteiger partial charge in [0, 0.05) is 6.42 Å². The summed E-state index contributed by atoms with van der Waals surface area (Å²) in [4.78, 5) is 0. The van der Waals surface area contributed by atoms with Gasteiger partial charge in [-0.3, -0.25) is 5.41 Å². The molecule has 1 N–H and O–H groups in total. The smallest absolute Gasteiger partial charge is 0.231 e. The maximum atomic E-state index is 10.2. The quantitative estimate of drug-likeness (QED) is 0.796. The Morgan fingerprint density at radius 1 is 1.04 bits per heavy atom. The van der Waals surface area contributed by atoms with Crippen LogP contribution in [0.5, 0.6) is 11.5 Å². The third-order valence-electron chi connectivity index (χ3n) is 6.52. The van der Waals surface area contributed by atoms with Crippen LogP contribution in [0.25, 0.3) is 0 Å². The second kappa shape index (κ2) is 5.38. The van der Waals surface area contributed by atoms with Crippen LogP contribution in [-0.4, -0.2) is 18.5 Å². The monoisotopic (exact) mass is 376 g/mol. The summed E-state index contributed by atoms with van der Waals surface area (Å²) < 4.78 is 23.0. The zero-order valence-electron chi connectivity index (χ0n) is 14.9. The van der Waals surface area contributed by atoms with Gasteiger partial charge in [0.2, 0.25) is 23.9 Å². The van der Waals surface area contributed by atoms with Crippen molar-refractivity contribution in [1.29, 1.82) is 21.2 Å². The van der Waals surface area contributed by atoms with E-state index in [0.29, 0.717) is 29.9 Å². The highest BCUT2D eigenvalue weighted by Gasteiger charge is 2.80. The minimum atomic E-state index is -1.92. The highest BCUT2D eigenvalue weighted by atomic mass is 16.7. The molecule has 28 heavy (non-hydrogen) atoms. The van der Waals surface area contributed by atoms with Gasteiger partial charge in [-0.2, -0.15) is 15.8 Å². The molecule has 140 valence electrons. The van der Waals surface area contributed by atoms with Crippen LogP contribution >= 0.6 is 0 Å². The molecule has 0 aromatic heterocycles. The lowest BCUT2D eigenvalue weighted by Crippen LogP contribution is -2.60. The molecule has 8 nitrogen and oxygen atoms in total. The summed E-state index contributed by atoms with van der Waals surface area (Å²) in [5, 5.41) is 39.1. The normalized spacial score (nSPS) is 36.4. The molecule has 3 aliphatic heterocycles. The lowest BCUT2D eigenvalue weighted by molar-refractivity contribution is -0.294. The van der Waals surface area contributed by atoms with Crippen LogP contribution in [0.4, 0.5) is 0 Å². The van der Waals surface area contributed by atoms with Gasteiger partial charge in [-0.15, -0.1) is 0 Å². The zero-order chi connectivity index (χ0) is 19.6. The number of ether oxygens (including phenoxy) is 4. The second-order valence-corrected chi connectivity index (χ2v) is 7.60. The molecule has 4 atom stereocenters. The molecule has 0 spiro atoms. The van der Waals surface area contributed by atoms with E-state index in [-0.39, 0.29) is 12.7 Å². The maximum Gasteiger partial charge on any atom is 0.231 e. The summed E-state index contributed by atoms with van der Waals surface area (Å²) in [7, 11) is 0. The van der Waals surface area contributed by atoms with Crippen molar-refractivity contribution in [3.05, 3.63) is 23.8 Å². The fourth-order valence-corrected chi connectivity index (χ4v) is 5.24. The van der Waals surface area contributed by atoms with Gasteiger partial charge in [0.25, 0.3) is 0 Å². The number of nitriles is 3. The number of nitrogens with one attached hydrogen (secondary N) is 1. The lowest BCUT2D eigenvalue weighted by atomic mass is 9.51. The van der Waals surface area contributed by atoms with Crippen LogP contribution in [0, 0.1) is 56.2 Å². The SMILES string of the molecule is N#CC1(C#N)[C@H](c2ccc3c(c2)OCO3)O[C@@]23CCCC[C@H]2[C@]1(C#N)C(=N)O3. The van der Waals surface area contributed by atoms with E-state index in [0.717, 1.165) is 12.8 Å².